The number of amides is 1. The second kappa shape index (κ2) is 8.15. The summed E-state index contributed by atoms with van der Waals surface area (Å²) in [7, 11) is 4.01. The van der Waals surface area contributed by atoms with Crippen LogP contribution in [0.1, 0.15) is 45.1 Å². The molecule has 1 aromatic carbocycles. The minimum Gasteiger partial charge on any atom is -0.378 e. The Morgan fingerprint density at radius 2 is 1.77 bits per heavy atom. The van der Waals surface area contributed by atoms with Crippen molar-refractivity contribution in [3.05, 3.63) is 52.4 Å². The van der Waals surface area contributed by atoms with E-state index >= 15 is 0 Å². The summed E-state index contributed by atoms with van der Waals surface area (Å²) in [5.74, 6) is -0.203. The van der Waals surface area contributed by atoms with Gasteiger partial charge in [-0.3, -0.25) is 9.59 Å². The minimum atomic E-state index is -0.341. The van der Waals surface area contributed by atoms with Crippen LogP contribution in [0.3, 0.4) is 0 Å². The molecule has 1 amide bonds. The summed E-state index contributed by atoms with van der Waals surface area (Å²) in [6, 6.07) is 8.23. The first-order chi connectivity index (χ1) is 14.7. The highest BCUT2D eigenvalue weighted by molar-refractivity contribution is 6.05. The highest BCUT2D eigenvalue weighted by Crippen LogP contribution is 2.47. The summed E-state index contributed by atoms with van der Waals surface area (Å²) in [4.78, 5) is 30.9. The number of ketones is 1. The van der Waals surface area contributed by atoms with Crippen LogP contribution in [0.25, 0.3) is 0 Å². The van der Waals surface area contributed by atoms with Crippen molar-refractivity contribution in [3.8, 4) is 0 Å². The zero-order chi connectivity index (χ0) is 22.3. The normalized spacial score (nSPS) is 23.5. The van der Waals surface area contributed by atoms with Crippen molar-refractivity contribution in [1.82, 2.24) is 10.2 Å². The van der Waals surface area contributed by atoms with Gasteiger partial charge in [0, 0.05) is 67.8 Å². The monoisotopic (exact) mass is 423 g/mol. The molecule has 166 valence electrons. The maximum atomic E-state index is 13.7. The van der Waals surface area contributed by atoms with E-state index in [1.807, 2.05) is 30.8 Å². The third-order valence-electron chi connectivity index (χ3n) is 6.51. The van der Waals surface area contributed by atoms with Crippen LogP contribution in [-0.2, 0) is 14.3 Å². The third kappa shape index (κ3) is 4.13. The molecule has 0 saturated carbocycles. The molecule has 1 saturated heterocycles. The lowest BCUT2D eigenvalue weighted by Crippen LogP contribution is -2.45. The largest absolute Gasteiger partial charge is 0.378 e. The number of dihydropyridines is 1. The van der Waals surface area contributed by atoms with E-state index in [-0.39, 0.29) is 23.0 Å². The molecule has 2 heterocycles. The molecule has 1 atom stereocenters. The van der Waals surface area contributed by atoms with Gasteiger partial charge in [0.05, 0.1) is 13.2 Å². The van der Waals surface area contributed by atoms with Gasteiger partial charge in [0.25, 0.3) is 5.91 Å². The van der Waals surface area contributed by atoms with Crippen LogP contribution in [-0.4, -0.2) is 57.0 Å². The molecule has 0 aromatic heterocycles. The van der Waals surface area contributed by atoms with E-state index in [1.54, 1.807) is 0 Å². The molecular formula is C25H33N3O3. The first kappa shape index (κ1) is 21.6. The fourth-order valence-corrected chi connectivity index (χ4v) is 4.95. The number of Topliss-reactive ketones (excluding diaryl/α,β-unsaturated/α-hetero) is 1. The van der Waals surface area contributed by atoms with Crippen LogP contribution in [0.5, 0.6) is 0 Å². The molecule has 1 aromatic rings. The van der Waals surface area contributed by atoms with E-state index in [0.717, 1.165) is 34.6 Å². The minimum absolute atomic E-state index is 0.000769. The molecule has 1 aliphatic carbocycles. The fourth-order valence-electron chi connectivity index (χ4n) is 4.95. The predicted molar refractivity (Wildman–Crippen MR) is 122 cm³/mol. The number of hydrogen-bond donors (Lipinski definition) is 1. The first-order valence-electron chi connectivity index (χ1n) is 11.1. The Hall–Kier alpha value is -2.60. The van der Waals surface area contributed by atoms with E-state index in [1.165, 1.54) is 0 Å². The number of ether oxygens (including phenoxy) is 1. The van der Waals surface area contributed by atoms with E-state index in [9.17, 15) is 9.59 Å². The summed E-state index contributed by atoms with van der Waals surface area (Å²) in [6.45, 7) is 8.48. The summed E-state index contributed by atoms with van der Waals surface area (Å²) < 4.78 is 5.44. The number of hydrogen-bond acceptors (Lipinski definition) is 5. The van der Waals surface area contributed by atoms with Gasteiger partial charge in [0.15, 0.2) is 5.78 Å². The number of allylic oxidation sites excluding steroid dienone is 3. The van der Waals surface area contributed by atoms with Crippen LogP contribution in [0.2, 0.25) is 0 Å². The average molecular weight is 424 g/mol. The quantitative estimate of drug-likeness (QED) is 0.809. The maximum absolute atomic E-state index is 13.7. The van der Waals surface area contributed by atoms with Crippen molar-refractivity contribution in [2.45, 2.75) is 39.5 Å². The highest BCUT2D eigenvalue weighted by atomic mass is 16.5. The summed E-state index contributed by atoms with van der Waals surface area (Å²) >= 11 is 0. The number of benzene rings is 1. The van der Waals surface area contributed by atoms with Gasteiger partial charge in [-0.2, -0.15) is 0 Å². The van der Waals surface area contributed by atoms with E-state index in [4.69, 9.17) is 4.74 Å². The molecule has 2 aliphatic heterocycles. The fraction of sp³-hybridized carbons (Fsp3) is 0.520. The molecule has 1 unspecified atom stereocenters. The highest BCUT2D eigenvalue weighted by Gasteiger charge is 2.43. The molecule has 4 rings (SSSR count). The molecular weight excluding hydrogens is 390 g/mol. The summed E-state index contributed by atoms with van der Waals surface area (Å²) in [6.07, 6.45) is 1.30. The van der Waals surface area contributed by atoms with Gasteiger partial charge in [-0.25, -0.2) is 0 Å². The SMILES string of the molecule is CC1=C(C(=O)N2CCOCC2)C(c2ccc(N(C)C)cc2)C2=C(CC(C)(C)CC2=O)N1. The lowest BCUT2D eigenvalue weighted by atomic mass is 9.68. The molecule has 31 heavy (non-hydrogen) atoms. The Morgan fingerprint density at radius 3 is 2.39 bits per heavy atom. The van der Waals surface area contributed by atoms with Gasteiger partial charge in [-0.1, -0.05) is 26.0 Å². The Bertz CT molecular complexity index is 951. The number of nitrogens with one attached hydrogen (secondary N) is 1. The van der Waals surface area contributed by atoms with Crippen LogP contribution in [0.4, 0.5) is 5.69 Å². The first-order valence-corrected chi connectivity index (χ1v) is 11.1. The average Bonchev–Trinajstić information content (AvgIpc) is 2.72. The molecule has 6 nitrogen and oxygen atoms in total. The molecule has 0 bridgehead atoms. The van der Waals surface area contributed by atoms with Gasteiger partial charge in [0.2, 0.25) is 0 Å². The van der Waals surface area contributed by atoms with Crippen molar-refractivity contribution >= 4 is 17.4 Å². The number of nitrogens with zero attached hydrogens (tertiary/aromatic N) is 2. The standard InChI is InChI=1S/C25H33N3O3/c1-16-21(24(30)28-10-12-31-13-11-28)22(17-6-8-18(9-7-17)27(4)5)23-19(26-16)14-25(2,3)15-20(23)29/h6-9,22,26H,10-15H2,1-5H3. The van der Waals surface area contributed by atoms with Gasteiger partial charge in [0.1, 0.15) is 0 Å². The van der Waals surface area contributed by atoms with E-state index < -0.39 is 0 Å². The molecule has 3 aliphatic rings. The van der Waals surface area contributed by atoms with Crippen LogP contribution in [0.15, 0.2) is 46.8 Å². The topological polar surface area (TPSA) is 61.9 Å². The molecule has 6 heteroatoms. The summed E-state index contributed by atoms with van der Waals surface area (Å²) in [5.41, 5.74) is 5.26. The van der Waals surface area contributed by atoms with Gasteiger partial charge < -0.3 is 19.9 Å². The lowest BCUT2D eigenvalue weighted by Gasteiger charge is -2.41. The van der Waals surface area contributed by atoms with Crippen LogP contribution < -0.4 is 10.2 Å². The Kier molecular flexibility index (Phi) is 5.69. The van der Waals surface area contributed by atoms with Crippen LogP contribution >= 0.6 is 0 Å². The number of anilines is 1. The molecule has 0 spiro atoms. The molecule has 0 radical (unpaired) electrons. The van der Waals surface area contributed by atoms with Crippen molar-refractivity contribution in [2.75, 3.05) is 45.3 Å². The van der Waals surface area contributed by atoms with Gasteiger partial charge in [-0.15, -0.1) is 0 Å². The van der Waals surface area contributed by atoms with E-state index in [2.05, 4.69) is 43.4 Å². The summed E-state index contributed by atoms with van der Waals surface area (Å²) in [5, 5.41) is 3.46. The third-order valence-corrected chi connectivity index (χ3v) is 6.51. The second-order valence-electron chi connectivity index (χ2n) is 9.82. The smallest absolute Gasteiger partial charge is 0.252 e. The molecule has 1 N–H and O–H groups in total. The van der Waals surface area contributed by atoms with Crippen molar-refractivity contribution in [2.24, 2.45) is 5.41 Å². The zero-order valence-electron chi connectivity index (χ0n) is 19.2. The van der Waals surface area contributed by atoms with Crippen molar-refractivity contribution < 1.29 is 14.3 Å². The maximum Gasteiger partial charge on any atom is 0.252 e. The number of rotatable bonds is 3. The zero-order valence-corrected chi connectivity index (χ0v) is 19.2. The number of morpholine rings is 1. The number of carbonyl (C=O) groups is 2. The Morgan fingerprint density at radius 1 is 1.13 bits per heavy atom. The lowest BCUT2D eigenvalue weighted by molar-refractivity contribution is -0.131. The predicted octanol–water partition coefficient (Wildman–Crippen LogP) is 3.22. The second-order valence-corrected chi connectivity index (χ2v) is 9.82. The number of carbonyl (C=O) groups excluding carboxylic acids is 2. The van der Waals surface area contributed by atoms with Crippen LogP contribution in [0, 0.1) is 5.41 Å². The van der Waals surface area contributed by atoms with E-state index in [0.29, 0.717) is 38.3 Å². The van der Waals surface area contributed by atoms with Crippen molar-refractivity contribution in [3.63, 3.8) is 0 Å². The molecule has 1 fully saturated rings. The van der Waals surface area contributed by atoms with Gasteiger partial charge >= 0.3 is 0 Å². The van der Waals surface area contributed by atoms with Gasteiger partial charge in [-0.05, 0) is 36.5 Å². The Labute approximate surface area is 184 Å². The van der Waals surface area contributed by atoms with Crippen molar-refractivity contribution in [1.29, 1.82) is 0 Å². The Balaban J connectivity index is 1.81.